The van der Waals surface area contributed by atoms with Crippen LogP contribution in [0.15, 0.2) is 24.3 Å². The Balaban J connectivity index is 1.94. The molecule has 0 aliphatic carbocycles. The van der Waals surface area contributed by atoms with E-state index in [1.807, 2.05) is 0 Å². The van der Waals surface area contributed by atoms with Crippen molar-refractivity contribution in [3.63, 3.8) is 0 Å². The largest absolute Gasteiger partial charge is 0.350 e. The SMILES string of the molecule is O=C(NCc1ccccc1[N+](=O)[O-])C1CSCCN1. The van der Waals surface area contributed by atoms with Crippen LogP contribution in [0.25, 0.3) is 0 Å². The average molecular weight is 281 g/mol. The fourth-order valence-electron chi connectivity index (χ4n) is 1.88. The quantitative estimate of drug-likeness (QED) is 0.633. The van der Waals surface area contributed by atoms with E-state index in [2.05, 4.69) is 10.6 Å². The first kappa shape index (κ1) is 13.8. The highest BCUT2D eigenvalue weighted by atomic mass is 32.2. The Kier molecular flexibility index (Phi) is 4.75. The van der Waals surface area contributed by atoms with E-state index in [0.717, 1.165) is 18.1 Å². The number of nitrogens with zero attached hydrogens (tertiary/aromatic N) is 1. The van der Waals surface area contributed by atoms with E-state index in [9.17, 15) is 14.9 Å². The van der Waals surface area contributed by atoms with Crippen LogP contribution in [0.5, 0.6) is 0 Å². The number of rotatable bonds is 4. The molecule has 0 radical (unpaired) electrons. The lowest BCUT2D eigenvalue weighted by Gasteiger charge is -2.22. The van der Waals surface area contributed by atoms with Crippen LogP contribution in [0.3, 0.4) is 0 Å². The highest BCUT2D eigenvalue weighted by Crippen LogP contribution is 2.17. The van der Waals surface area contributed by atoms with Crippen LogP contribution < -0.4 is 10.6 Å². The van der Waals surface area contributed by atoms with E-state index in [0.29, 0.717) is 5.56 Å². The highest BCUT2D eigenvalue weighted by Gasteiger charge is 2.21. The number of para-hydroxylation sites is 1. The molecular weight excluding hydrogens is 266 g/mol. The van der Waals surface area contributed by atoms with Gasteiger partial charge in [0.25, 0.3) is 5.69 Å². The lowest BCUT2D eigenvalue weighted by atomic mass is 10.1. The lowest BCUT2D eigenvalue weighted by Crippen LogP contribution is -2.48. The van der Waals surface area contributed by atoms with E-state index in [4.69, 9.17) is 0 Å². The molecule has 1 aliphatic rings. The average Bonchev–Trinajstić information content (AvgIpc) is 2.46. The first-order valence-electron chi connectivity index (χ1n) is 5.99. The number of benzene rings is 1. The van der Waals surface area contributed by atoms with Crippen molar-refractivity contribution in [1.82, 2.24) is 10.6 Å². The van der Waals surface area contributed by atoms with Crippen molar-refractivity contribution >= 4 is 23.4 Å². The zero-order chi connectivity index (χ0) is 13.7. The predicted molar refractivity (Wildman–Crippen MR) is 74.1 cm³/mol. The lowest BCUT2D eigenvalue weighted by molar-refractivity contribution is -0.385. The number of carbonyl (C=O) groups excluding carboxylic acids is 1. The Morgan fingerprint density at radius 3 is 3.00 bits per heavy atom. The number of amides is 1. The molecule has 102 valence electrons. The highest BCUT2D eigenvalue weighted by molar-refractivity contribution is 7.99. The molecule has 1 heterocycles. The molecule has 1 atom stereocenters. The zero-order valence-corrected chi connectivity index (χ0v) is 11.1. The molecule has 7 heteroatoms. The van der Waals surface area contributed by atoms with Gasteiger partial charge in [0.2, 0.25) is 5.91 Å². The predicted octanol–water partition coefficient (Wildman–Crippen LogP) is 0.916. The summed E-state index contributed by atoms with van der Waals surface area (Å²) in [5.74, 6) is 1.64. The van der Waals surface area contributed by atoms with Crippen molar-refractivity contribution in [2.24, 2.45) is 0 Å². The summed E-state index contributed by atoms with van der Waals surface area (Å²) in [6, 6.07) is 6.23. The Hall–Kier alpha value is -1.60. The van der Waals surface area contributed by atoms with Gasteiger partial charge in [-0.15, -0.1) is 0 Å². The summed E-state index contributed by atoms with van der Waals surface area (Å²) in [6.07, 6.45) is 0. The summed E-state index contributed by atoms with van der Waals surface area (Å²) in [7, 11) is 0. The van der Waals surface area contributed by atoms with E-state index < -0.39 is 4.92 Å². The number of hydrogen-bond acceptors (Lipinski definition) is 5. The van der Waals surface area contributed by atoms with Gasteiger partial charge in [0.1, 0.15) is 0 Å². The molecule has 1 amide bonds. The smallest absolute Gasteiger partial charge is 0.274 e. The molecule has 0 aromatic heterocycles. The number of hydrogen-bond donors (Lipinski definition) is 2. The van der Waals surface area contributed by atoms with Crippen LogP contribution in [-0.2, 0) is 11.3 Å². The van der Waals surface area contributed by atoms with Crippen molar-refractivity contribution in [2.45, 2.75) is 12.6 Å². The summed E-state index contributed by atoms with van der Waals surface area (Å²) in [4.78, 5) is 22.3. The van der Waals surface area contributed by atoms with Crippen molar-refractivity contribution in [3.05, 3.63) is 39.9 Å². The third-order valence-electron chi connectivity index (χ3n) is 2.88. The molecule has 6 nitrogen and oxygen atoms in total. The Labute approximate surface area is 115 Å². The van der Waals surface area contributed by atoms with Crippen LogP contribution in [0.1, 0.15) is 5.56 Å². The minimum absolute atomic E-state index is 0.0359. The maximum absolute atomic E-state index is 11.9. The molecule has 1 aromatic carbocycles. The monoisotopic (exact) mass is 281 g/mol. The van der Waals surface area contributed by atoms with Gasteiger partial charge in [-0.3, -0.25) is 14.9 Å². The second kappa shape index (κ2) is 6.53. The van der Waals surface area contributed by atoms with Crippen LogP contribution >= 0.6 is 11.8 Å². The van der Waals surface area contributed by atoms with Gasteiger partial charge in [-0.05, 0) is 0 Å². The Bertz CT molecular complexity index is 475. The molecule has 0 bridgehead atoms. The van der Waals surface area contributed by atoms with Crippen molar-refractivity contribution in [2.75, 3.05) is 18.1 Å². The molecule has 1 saturated heterocycles. The van der Waals surface area contributed by atoms with Crippen LogP contribution in [0.2, 0.25) is 0 Å². The Morgan fingerprint density at radius 2 is 2.32 bits per heavy atom. The fourth-order valence-corrected chi connectivity index (χ4v) is 2.81. The second-order valence-corrected chi connectivity index (χ2v) is 5.34. The maximum Gasteiger partial charge on any atom is 0.274 e. The molecule has 19 heavy (non-hydrogen) atoms. The van der Waals surface area contributed by atoms with E-state index in [1.54, 1.807) is 30.0 Å². The van der Waals surface area contributed by atoms with Gasteiger partial charge >= 0.3 is 0 Å². The van der Waals surface area contributed by atoms with E-state index >= 15 is 0 Å². The first-order valence-corrected chi connectivity index (χ1v) is 7.15. The van der Waals surface area contributed by atoms with Crippen molar-refractivity contribution in [3.8, 4) is 0 Å². The third-order valence-corrected chi connectivity index (χ3v) is 3.94. The zero-order valence-electron chi connectivity index (χ0n) is 10.3. The van der Waals surface area contributed by atoms with Gasteiger partial charge in [-0.25, -0.2) is 0 Å². The molecule has 0 saturated carbocycles. The normalized spacial score (nSPS) is 18.8. The van der Waals surface area contributed by atoms with Gasteiger partial charge in [0.15, 0.2) is 0 Å². The van der Waals surface area contributed by atoms with Gasteiger partial charge < -0.3 is 10.6 Å². The van der Waals surface area contributed by atoms with Gasteiger partial charge in [-0.2, -0.15) is 11.8 Å². The fraction of sp³-hybridized carbons (Fsp3) is 0.417. The molecule has 0 spiro atoms. The summed E-state index contributed by atoms with van der Waals surface area (Å²) >= 11 is 1.73. The van der Waals surface area contributed by atoms with Gasteiger partial charge in [0, 0.05) is 36.2 Å². The van der Waals surface area contributed by atoms with Crippen molar-refractivity contribution < 1.29 is 9.72 Å². The molecule has 1 unspecified atom stereocenters. The topological polar surface area (TPSA) is 84.3 Å². The first-order chi connectivity index (χ1) is 9.18. The molecule has 1 aliphatic heterocycles. The van der Waals surface area contributed by atoms with E-state index in [-0.39, 0.29) is 24.2 Å². The van der Waals surface area contributed by atoms with Crippen molar-refractivity contribution in [1.29, 1.82) is 0 Å². The summed E-state index contributed by atoms with van der Waals surface area (Å²) < 4.78 is 0. The molecule has 1 aromatic rings. The number of carbonyl (C=O) groups is 1. The van der Waals surface area contributed by atoms with Crippen LogP contribution in [0.4, 0.5) is 5.69 Å². The summed E-state index contributed by atoms with van der Waals surface area (Å²) in [5.41, 5.74) is 0.554. The third kappa shape index (κ3) is 3.68. The number of nitro benzene ring substituents is 1. The van der Waals surface area contributed by atoms with Gasteiger partial charge in [-0.1, -0.05) is 18.2 Å². The van der Waals surface area contributed by atoms with Crippen LogP contribution in [0, 0.1) is 10.1 Å². The van der Waals surface area contributed by atoms with Gasteiger partial charge in [0.05, 0.1) is 11.0 Å². The molecule has 2 N–H and O–H groups in total. The molecule has 1 fully saturated rings. The molecule has 2 rings (SSSR count). The second-order valence-electron chi connectivity index (χ2n) is 4.19. The molecular formula is C12H15N3O3S. The minimum Gasteiger partial charge on any atom is -0.350 e. The minimum atomic E-state index is -0.434. The summed E-state index contributed by atoms with van der Waals surface area (Å²) in [6.45, 7) is 0.993. The van der Waals surface area contributed by atoms with Crippen LogP contribution in [-0.4, -0.2) is 34.9 Å². The number of nitro groups is 1. The standard InChI is InChI=1S/C12H15N3O3S/c16-12(10-8-19-6-5-13-10)14-7-9-3-1-2-4-11(9)15(17)18/h1-4,10,13H,5-8H2,(H,14,16). The number of thioether (sulfide) groups is 1. The number of nitrogens with one attached hydrogen (secondary N) is 2. The Morgan fingerprint density at radius 1 is 1.53 bits per heavy atom. The van der Waals surface area contributed by atoms with E-state index in [1.165, 1.54) is 6.07 Å². The maximum atomic E-state index is 11.9. The summed E-state index contributed by atoms with van der Waals surface area (Å²) in [5, 5.41) is 16.7.